The first-order valence-electron chi connectivity index (χ1n) is 15.0. The molecular weight excluding hydrogens is 466 g/mol. The number of hydrogen-bond acceptors (Lipinski definition) is 6. The van der Waals surface area contributed by atoms with Crippen LogP contribution in [0.15, 0.2) is 5.16 Å². The summed E-state index contributed by atoms with van der Waals surface area (Å²) in [6.45, 7) is 14.8. The Morgan fingerprint density at radius 2 is 1.73 bits per heavy atom. The minimum atomic E-state index is -1.02. The zero-order valence-electron chi connectivity index (χ0n) is 24.3. The quantitative estimate of drug-likeness (QED) is 0.220. The molecule has 37 heavy (non-hydrogen) atoms. The lowest BCUT2D eigenvalue weighted by atomic mass is 9.42. The van der Waals surface area contributed by atoms with Gasteiger partial charge in [-0.3, -0.25) is 9.59 Å². The third kappa shape index (κ3) is 4.84. The van der Waals surface area contributed by atoms with Crippen LogP contribution in [0.5, 0.6) is 0 Å². The van der Waals surface area contributed by atoms with Crippen LogP contribution in [-0.4, -0.2) is 34.6 Å². The number of hydrogen-bond donors (Lipinski definition) is 1. The van der Waals surface area contributed by atoms with Crippen LogP contribution in [0.2, 0.25) is 0 Å². The standard InChI is InChI=1S/C31H51NO5/c1-19(2)9-8-10-20(3)25-11-12-26-24-17-28(32-35)31(37-22(5)34)18-23(36-21(4)33)13-16-30(31,7)27(24)14-15-29(25,26)6/h19-20,23-27,35H,8-18H2,1-7H3/b32-28-/t20-,23+,24+,25+,26+,27+,29+,30+,31-/m0/s1. The highest BCUT2D eigenvalue weighted by molar-refractivity contribution is 5.96. The van der Waals surface area contributed by atoms with E-state index < -0.39 is 5.60 Å². The van der Waals surface area contributed by atoms with Gasteiger partial charge < -0.3 is 14.7 Å². The number of rotatable bonds is 7. The van der Waals surface area contributed by atoms with Gasteiger partial charge in [0.2, 0.25) is 0 Å². The van der Waals surface area contributed by atoms with E-state index in [0.717, 1.165) is 37.0 Å². The summed E-state index contributed by atoms with van der Waals surface area (Å²) in [6.07, 6.45) is 11.0. The molecule has 0 aromatic rings. The third-order valence-corrected chi connectivity index (χ3v) is 11.5. The van der Waals surface area contributed by atoms with Crippen molar-refractivity contribution in [3.63, 3.8) is 0 Å². The summed E-state index contributed by atoms with van der Waals surface area (Å²) >= 11 is 0. The van der Waals surface area contributed by atoms with E-state index in [0.29, 0.717) is 41.7 Å². The largest absolute Gasteiger partial charge is 0.462 e. The second-order valence-electron chi connectivity index (χ2n) is 14.0. The van der Waals surface area contributed by atoms with Crippen molar-refractivity contribution in [1.29, 1.82) is 0 Å². The minimum absolute atomic E-state index is 0.311. The highest BCUT2D eigenvalue weighted by Crippen LogP contribution is 2.69. The molecule has 4 rings (SSSR count). The zero-order valence-corrected chi connectivity index (χ0v) is 24.3. The molecule has 0 saturated heterocycles. The van der Waals surface area contributed by atoms with Crippen LogP contribution >= 0.6 is 0 Å². The molecule has 4 saturated carbocycles. The normalized spacial score (nSPS) is 43.0. The fraction of sp³-hybridized carbons (Fsp3) is 0.903. The number of fused-ring (bicyclic) bond motifs is 5. The van der Waals surface area contributed by atoms with Gasteiger partial charge in [0.25, 0.3) is 0 Å². The Bertz CT molecular complexity index is 900. The van der Waals surface area contributed by atoms with Gasteiger partial charge in [0.15, 0.2) is 5.60 Å². The van der Waals surface area contributed by atoms with Crippen molar-refractivity contribution in [2.24, 2.45) is 51.5 Å². The summed E-state index contributed by atoms with van der Waals surface area (Å²) in [5.74, 6) is 2.96. The Balaban J connectivity index is 1.63. The second-order valence-corrected chi connectivity index (χ2v) is 14.0. The van der Waals surface area contributed by atoms with Crippen molar-refractivity contribution in [2.45, 2.75) is 131 Å². The second kappa shape index (κ2) is 10.5. The highest BCUT2D eigenvalue weighted by atomic mass is 16.6. The lowest BCUT2D eigenvalue weighted by molar-refractivity contribution is -0.204. The first kappa shape index (κ1) is 28.4. The molecule has 0 aromatic heterocycles. The van der Waals surface area contributed by atoms with E-state index >= 15 is 0 Å². The third-order valence-electron chi connectivity index (χ3n) is 11.5. The van der Waals surface area contributed by atoms with Gasteiger partial charge in [-0.05, 0) is 85.9 Å². The molecule has 6 heteroatoms. The van der Waals surface area contributed by atoms with Gasteiger partial charge in [0.05, 0.1) is 0 Å². The molecule has 0 aromatic carbocycles. The molecular formula is C31H51NO5. The first-order valence-corrected chi connectivity index (χ1v) is 15.0. The molecule has 210 valence electrons. The minimum Gasteiger partial charge on any atom is -0.462 e. The van der Waals surface area contributed by atoms with Crippen LogP contribution in [0.25, 0.3) is 0 Å². The molecule has 6 nitrogen and oxygen atoms in total. The summed E-state index contributed by atoms with van der Waals surface area (Å²) in [6, 6.07) is 0. The van der Waals surface area contributed by atoms with Crippen molar-refractivity contribution in [1.82, 2.24) is 0 Å². The summed E-state index contributed by atoms with van der Waals surface area (Å²) in [5.41, 5.74) is -0.474. The van der Waals surface area contributed by atoms with E-state index in [4.69, 9.17) is 9.47 Å². The van der Waals surface area contributed by atoms with E-state index in [1.165, 1.54) is 52.4 Å². The molecule has 4 fully saturated rings. The van der Waals surface area contributed by atoms with Gasteiger partial charge >= 0.3 is 11.9 Å². The molecule has 0 aliphatic heterocycles. The first-order chi connectivity index (χ1) is 17.4. The maximum Gasteiger partial charge on any atom is 0.303 e. The summed E-state index contributed by atoms with van der Waals surface area (Å²) in [4.78, 5) is 24.3. The maximum absolute atomic E-state index is 12.5. The summed E-state index contributed by atoms with van der Waals surface area (Å²) < 4.78 is 11.8. The zero-order chi connectivity index (χ0) is 27.2. The van der Waals surface area contributed by atoms with Crippen molar-refractivity contribution in [3.05, 3.63) is 0 Å². The average molecular weight is 518 g/mol. The van der Waals surface area contributed by atoms with Gasteiger partial charge in [0, 0.05) is 25.7 Å². The predicted octanol–water partition coefficient (Wildman–Crippen LogP) is 7.17. The SMILES string of the molecule is CC(=O)O[C@@H]1CC[C@]2(C)[C@@H]3CC[C@@]4(C)[C@H](CC[C@@H]4[C@@H](C)CCCC(C)C)[C@H]3C/C(=N/O)[C@@]2(OC(C)=O)C1. The maximum atomic E-state index is 12.5. The van der Waals surface area contributed by atoms with E-state index in [-0.39, 0.29) is 23.5 Å². The molecule has 1 N–H and O–H groups in total. The highest BCUT2D eigenvalue weighted by Gasteiger charge is 2.69. The van der Waals surface area contributed by atoms with Crippen molar-refractivity contribution >= 4 is 17.7 Å². The summed E-state index contributed by atoms with van der Waals surface area (Å²) in [5, 5.41) is 14.2. The van der Waals surface area contributed by atoms with Crippen LogP contribution in [0.4, 0.5) is 0 Å². The lowest BCUT2D eigenvalue weighted by Gasteiger charge is -2.64. The molecule has 4 aliphatic carbocycles. The number of nitrogens with zero attached hydrogens (tertiary/aromatic N) is 1. The Kier molecular flexibility index (Phi) is 8.08. The van der Waals surface area contributed by atoms with E-state index in [9.17, 15) is 14.8 Å². The molecule has 0 heterocycles. The molecule has 0 radical (unpaired) electrons. The lowest BCUT2D eigenvalue weighted by Crippen LogP contribution is -2.68. The van der Waals surface area contributed by atoms with Gasteiger partial charge in [-0.2, -0.15) is 0 Å². The number of oxime groups is 1. The van der Waals surface area contributed by atoms with Crippen LogP contribution < -0.4 is 0 Å². The Morgan fingerprint density at radius 1 is 1.00 bits per heavy atom. The van der Waals surface area contributed by atoms with Gasteiger partial charge in [0.1, 0.15) is 11.8 Å². The van der Waals surface area contributed by atoms with E-state index in [1.807, 2.05) is 0 Å². The van der Waals surface area contributed by atoms with Crippen molar-refractivity contribution in [2.75, 3.05) is 0 Å². The Morgan fingerprint density at radius 3 is 2.35 bits per heavy atom. The van der Waals surface area contributed by atoms with Gasteiger partial charge in [-0.25, -0.2) is 0 Å². The smallest absolute Gasteiger partial charge is 0.303 e. The Labute approximate surface area is 224 Å². The van der Waals surface area contributed by atoms with Crippen LogP contribution in [0.1, 0.15) is 119 Å². The molecule has 0 bridgehead atoms. The van der Waals surface area contributed by atoms with Gasteiger partial charge in [-0.1, -0.05) is 59.0 Å². The topological polar surface area (TPSA) is 85.2 Å². The monoisotopic (exact) mass is 517 g/mol. The molecule has 9 atom stereocenters. The molecule has 0 amide bonds. The molecule has 0 spiro atoms. The summed E-state index contributed by atoms with van der Waals surface area (Å²) in [7, 11) is 0. The Hall–Kier alpha value is -1.59. The van der Waals surface area contributed by atoms with Gasteiger partial charge in [-0.15, -0.1) is 0 Å². The van der Waals surface area contributed by atoms with Crippen LogP contribution in [-0.2, 0) is 19.1 Å². The number of carbonyl (C=O) groups is 2. The predicted molar refractivity (Wildman–Crippen MR) is 144 cm³/mol. The van der Waals surface area contributed by atoms with Crippen LogP contribution in [0, 0.1) is 46.3 Å². The number of carbonyl (C=O) groups excluding carboxylic acids is 2. The van der Waals surface area contributed by atoms with E-state index in [2.05, 4.69) is 39.8 Å². The van der Waals surface area contributed by atoms with Crippen molar-refractivity contribution in [3.8, 4) is 0 Å². The number of ether oxygens (including phenoxy) is 2. The van der Waals surface area contributed by atoms with E-state index in [1.54, 1.807) is 0 Å². The van der Waals surface area contributed by atoms with Crippen molar-refractivity contribution < 1.29 is 24.3 Å². The number of esters is 2. The fourth-order valence-corrected chi connectivity index (χ4v) is 9.95. The average Bonchev–Trinajstić information content (AvgIpc) is 3.15. The molecule has 4 aliphatic rings. The fourth-order valence-electron chi connectivity index (χ4n) is 9.95. The molecule has 0 unspecified atom stereocenters. The van der Waals surface area contributed by atoms with Crippen LogP contribution in [0.3, 0.4) is 0 Å².